The topological polar surface area (TPSA) is 49.8 Å². The standard InChI is InChI=1S/C18H17ClN4/c1-12-6-5-7-14(10-12)21-18-20-13(2)11-17(23-18)22-16-9-4-3-8-15(16)19/h3-11H,1-2H3,(H2,20,21,22,23). The summed E-state index contributed by atoms with van der Waals surface area (Å²) in [6.45, 7) is 3.98. The van der Waals surface area contributed by atoms with Gasteiger partial charge in [-0.25, -0.2) is 4.98 Å². The molecule has 0 bridgehead atoms. The summed E-state index contributed by atoms with van der Waals surface area (Å²) < 4.78 is 0. The molecule has 3 aromatic rings. The van der Waals surface area contributed by atoms with E-state index in [2.05, 4.69) is 20.6 Å². The second-order valence-corrected chi connectivity index (χ2v) is 5.72. The molecule has 5 heteroatoms. The van der Waals surface area contributed by atoms with Crippen molar-refractivity contribution in [3.05, 3.63) is 70.9 Å². The maximum Gasteiger partial charge on any atom is 0.229 e. The van der Waals surface area contributed by atoms with Gasteiger partial charge in [0.15, 0.2) is 0 Å². The molecule has 0 unspecified atom stereocenters. The first-order valence-electron chi connectivity index (χ1n) is 7.31. The summed E-state index contributed by atoms with van der Waals surface area (Å²) in [7, 11) is 0. The van der Waals surface area contributed by atoms with Crippen molar-refractivity contribution in [2.24, 2.45) is 0 Å². The lowest BCUT2D eigenvalue weighted by Gasteiger charge is -2.11. The molecule has 0 saturated carbocycles. The van der Waals surface area contributed by atoms with E-state index in [1.54, 1.807) is 0 Å². The maximum atomic E-state index is 6.18. The monoisotopic (exact) mass is 324 g/mol. The number of aromatic nitrogens is 2. The van der Waals surface area contributed by atoms with Crippen LogP contribution in [-0.2, 0) is 0 Å². The molecule has 0 aliphatic carbocycles. The van der Waals surface area contributed by atoms with Crippen molar-refractivity contribution in [1.82, 2.24) is 9.97 Å². The highest BCUT2D eigenvalue weighted by molar-refractivity contribution is 6.33. The van der Waals surface area contributed by atoms with Gasteiger partial charge >= 0.3 is 0 Å². The average Bonchev–Trinajstić information content (AvgIpc) is 2.49. The van der Waals surface area contributed by atoms with Crippen molar-refractivity contribution in [3.8, 4) is 0 Å². The minimum absolute atomic E-state index is 0.546. The molecular formula is C18H17ClN4. The van der Waals surface area contributed by atoms with Gasteiger partial charge in [-0.1, -0.05) is 35.9 Å². The van der Waals surface area contributed by atoms with Gasteiger partial charge < -0.3 is 10.6 Å². The van der Waals surface area contributed by atoms with Crippen LogP contribution in [0, 0.1) is 13.8 Å². The lowest BCUT2D eigenvalue weighted by molar-refractivity contribution is 1.11. The summed E-state index contributed by atoms with van der Waals surface area (Å²) in [5.74, 6) is 1.24. The van der Waals surface area contributed by atoms with Crippen LogP contribution in [0.5, 0.6) is 0 Å². The third-order valence-corrected chi connectivity index (χ3v) is 3.59. The van der Waals surface area contributed by atoms with Crippen LogP contribution in [0.1, 0.15) is 11.3 Å². The van der Waals surface area contributed by atoms with Crippen molar-refractivity contribution in [2.75, 3.05) is 10.6 Å². The predicted molar refractivity (Wildman–Crippen MR) is 96.0 cm³/mol. The highest BCUT2D eigenvalue weighted by Gasteiger charge is 2.05. The van der Waals surface area contributed by atoms with Gasteiger partial charge in [-0.05, 0) is 43.7 Å². The van der Waals surface area contributed by atoms with Gasteiger partial charge in [0.1, 0.15) is 5.82 Å². The lowest BCUT2D eigenvalue weighted by atomic mass is 10.2. The molecule has 1 heterocycles. The second kappa shape index (κ2) is 6.67. The van der Waals surface area contributed by atoms with E-state index in [1.807, 2.05) is 68.4 Å². The number of benzene rings is 2. The molecule has 2 N–H and O–H groups in total. The predicted octanol–water partition coefficient (Wildman–Crippen LogP) is 5.23. The van der Waals surface area contributed by atoms with E-state index in [-0.39, 0.29) is 0 Å². The van der Waals surface area contributed by atoms with E-state index in [4.69, 9.17) is 11.6 Å². The van der Waals surface area contributed by atoms with Crippen LogP contribution in [0.15, 0.2) is 54.6 Å². The Labute approximate surface area is 140 Å². The fourth-order valence-corrected chi connectivity index (χ4v) is 2.42. The molecule has 0 radical (unpaired) electrons. The molecule has 1 aromatic heterocycles. The Morgan fingerprint density at radius 3 is 2.48 bits per heavy atom. The minimum Gasteiger partial charge on any atom is -0.339 e. The van der Waals surface area contributed by atoms with Gasteiger partial charge in [0, 0.05) is 17.4 Å². The minimum atomic E-state index is 0.546. The molecule has 0 aliphatic heterocycles. The summed E-state index contributed by atoms with van der Waals surface area (Å²) in [6.07, 6.45) is 0. The van der Waals surface area contributed by atoms with Crippen LogP contribution in [0.25, 0.3) is 0 Å². The lowest BCUT2D eigenvalue weighted by Crippen LogP contribution is -2.02. The molecule has 2 aromatic carbocycles. The Hall–Kier alpha value is -2.59. The van der Waals surface area contributed by atoms with Gasteiger partial charge in [-0.15, -0.1) is 0 Å². The summed E-state index contributed by atoms with van der Waals surface area (Å²) in [5.41, 5.74) is 3.81. The molecule has 3 rings (SSSR count). The van der Waals surface area contributed by atoms with E-state index < -0.39 is 0 Å². The Bertz CT molecular complexity index is 833. The van der Waals surface area contributed by atoms with E-state index in [0.717, 1.165) is 17.1 Å². The molecule has 0 spiro atoms. The Kier molecular flexibility index (Phi) is 4.44. The van der Waals surface area contributed by atoms with E-state index in [0.29, 0.717) is 16.8 Å². The first kappa shape index (κ1) is 15.3. The SMILES string of the molecule is Cc1cccc(Nc2nc(C)cc(Nc3ccccc3Cl)n2)c1. The normalized spacial score (nSPS) is 10.4. The molecule has 0 fully saturated rings. The first-order valence-corrected chi connectivity index (χ1v) is 7.69. The molecule has 0 saturated heterocycles. The van der Waals surface area contributed by atoms with Crippen LogP contribution in [-0.4, -0.2) is 9.97 Å². The maximum absolute atomic E-state index is 6.18. The third-order valence-electron chi connectivity index (χ3n) is 3.27. The smallest absolute Gasteiger partial charge is 0.229 e. The number of anilines is 4. The highest BCUT2D eigenvalue weighted by Crippen LogP contribution is 2.25. The quantitative estimate of drug-likeness (QED) is 0.689. The summed E-state index contributed by atoms with van der Waals surface area (Å²) >= 11 is 6.18. The number of rotatable bonds is 4. The van der Waals surface area contributed by atoms with Crippen LogP contribution in [0.3, 0.4) is 0 Å². The Balaban J connectivity index is 1.86. The van der Waals surface area contributed by atoms with Crippen molar-refractivity contribution < 1.29 is 0 Å². The van der Waals surface area contributed by atoms with Crippen molar-refractivity contribution in [1.29, 1.82) is 0 Å². The number of hydrogen-bond acceptors (Lipinski definition) is 4. The molecule has 23 heavy (non-hydrogen) atoms. The molecule has 0 atom stereocenters. The first-order chi connectivity index (χ1) is 11.1. The second-order valence-electron chi connectivity index (χ2n) is 5.32. The highest BCUT2D eigenvalue weighted by atomic mass is 35.5. The molecule has 4 nitrogen and oxygen atoms in total. The number of hydrogen-bond donors (Lipinski definition) is 2. The number of nitrogens with zero attached hydrogens (tertiary/aromatic N) is 2. The van der Waals surface area contributed by atoms with Crippen molar-refractivity contribution >= 4 is 34.7 Å². The van der Waals surface area contributed by atoms with Gasteiger partial charge in [0.25, 0.3) is 0 Å². The zero-order chi connectivity index (χ0) is 16.2. The molecule has 0 amide bonds. The summed E-state index contributed by atoms with van der Waals surface area (Å²) in [4.78, 5) is 8.93. The van der Waals surface area contributed by atoms with Gasteiger partial charge in [-0.3, -0.25) is 0 Å². The zero-order valence-electron chi connectivity index (χ0n) is 13.0. The fraction of sp³-hybridized carbons (Fsp3) is 0.111. The van der Waals surface area contributed by atoms with E-state index >= 15 is 0 Å². The average molecular weight is 325 g/mol. The number of aryl methyl sites for hydroxylation is 2. The molecule has 0 aliphatic rings. The Morgan fingerprint density at radius 1 is 0.870 bits per heavy atom. The van der Waals surface area contributed by atoms with Crippen molar-refractivity contribution in [3.63, 3.8) is 0 Å². The van der Waals surface area contributed by atoms with E-state index in [9.17, 15) is 0 Å². The number of nitrogens with one attached hydrogen (secondary N) is 2. The number of halogens is 1. The zero-order valence-corrected chi connectivity index (χ0v) is 13.7. The Morgan fingerprint density at radius 2 is 1.70 bits per heavy atom. The van der Waals surface area contributed by atoms with Gasteiger partial charge in [0.05, 0.1) is 10.7 Å². The van der Waals surface area contributed by atoms with Crippen LogP contribution >= 0.6 is 11.6 Å². The summed E-state index contributed by atoms with van der Waals surface area (Å²) in [6, 6.07) is 17.5. The van der Waals surface area contributed by atoms with Crippen molar-refractivity contribution in [2.45, 2.75) is 13.8 Å². The third kappa shape index (κ3) is 3.99. The summed E-state index contributed by atoms with van der Waals surface area (Å²) in [5, 5.41) is 7.11. The molecular weight excluding hydrogens is 308 g/mol. The molecule has 116 valence electrons. The van der Waals surface area contributed by atoms with Crippen LogP contribution < -0.4 is 10.6 Å². The largest absolute Gasteiger partial charge is 0.339 e. The van der Waals surface area contributed by atoms with Gasteiger partial charge in [-0.2, -0.15) is 4.98 Å². The van der Waals surface area contributed by atoms with Crippen LogP contribution in [0.4, 0.5) is 23.1 Å². The van der Waals surface area contributed by atoms with Crippen LogP contribution in [0.2, 0.25) is 5.02 Å². The van der Waals surface area contributed by atoms with Gasteiger partial charge in [0.2, 0.25) is 5.95 Å². The fourth-order valence-electron chi connectivity index (χ4n) is 2.24. The number of para-hydroxylation sites is 1. The van der Waals surface area contributed by atoms with E-state index in [1.165, 1.54) is 5.56 Å².